The number of carbonyl (C=O) groups is 1. The van der Waals surface area contributed by atoms with Gasteiger partial charge in [-0.15, -0.1) is 0 Å². The molecule has 0 saturated carbocycles. The predicted molar refractivity (Wildman–Crippen MR) is 181 cm³/mol. The maximum atomic E-state index is 11.6. The summed E-state index contributed by atoms with van der Waals surface area (Å²) in [5.41, 5.74) is 2.41. The Kier molecular flexibility index (Phi) is 29.2. The quantitative estimate of drug-likeness (QED) is 0.0424. The Morgan fingerprint density at radius 1 is 0.809 bits per heavy atom. The summed E-state index contributed by atoms with van der Waals surface area (Å²) in [5.74, 6) is -0.588. The molecule has 0 aliphatic rings. The van der Waals surface area contributed by atoms with Crippen molar-refractivity contribution in [3.63, 3.8) is 0 Å². The minimum Gasteiger partial charge on any atom is -0.756 e. The summed E-state index contributed by atoms with van der Waals surface area (Å²) in [5, 5.41) is 0. The van der Waals surface area contributed by atoms with Gasteiger partial charge >= 0.3 is 5.97 Å². The first-order valence-electron chi connectivity index (χ1n) is 14.6. The van der Waals surface area contributed by atoms with Crippen LogP contribution in [0.15, 0.2) is 43.0 Å². The van der Waals surface area contributed by atoms with Crippen molar-refractivity contribution >= 4 is 36.9 Å². The zero-order valence-corrected chi connectivity index (χ0v) is 33.4. The number of hydrogen-bond acceptors (Lipinski definition) is 11. The first-order valence-corrected chi connectivity index (χ1v) is 18.3. The summed E-state index contributed by atoms with van der Waals surface area (Å²) < 4.78 is 53.2. The molecule has 0 saturated heterocycles. The fourth-order valence-electron chi connectivity index (χ4n) is 2.76. The van der Waals surface area contributed by atoms with Crippen LogP contribution in [0.5, 0.6) is 0 Å². The molecule has 3 atom stereocenters. The SMILES string of the molecule is C=C(C)C(=O)OCCOP(=O)([O-])OCC[N+](C)(C)C.C=Cc1ccc(COCCCCOP(=O)([O-])OCC[N+](C)(C)C)cc1.[CH2-]P.[V]. The molecule has 0 aliphatic carbocycles. The van der Waals surface area contributed by atoms with Crippen LogP contribution in [0.1, 0.15) is 30.9 Å². The summed E-state index contributed by atoms with van der Waals surface area (Å²) in [6.07, 6.45) is 3.12. The van der Waals surface area contributed by atoms with Gasteiger partial charge in [0.2, 0.25) is 0 Å². The molecule has 17 heteroatoms. The molecule has 47 heavy (non-hydrogen) atoms. The van der Waals surface area contributed by atoms with Gasteiger partial charge in [0.05, 0.1) is 62.1 Å². The molecule has 0 aromatic heterocycles. The van der Waals surface area contributed by atoms with Gasteiger partial charge in [-0.2, -0.15) is 0 Å². The third kappa shape index (κ3) is 33.6. The summed E-state index contributed by atoms with van der Waals surface area (Å²) in [7, 11) is 5.27. The number of likely N-dealkylation sites (N-methyl/N-ethyl adjacent to an activating group) is 2. The van der Waals surface area contributed by atoms with Crippen molar-refractivity contribution in [2.24, 2.45) is 0 Å². The van der Waals surface area contributed by atoms with E-state index in [1.165, 1.54) is 6.92 Å². The maximum Gasteiger partial charge on any atom is 0.333 e. The Morgan fingerprint density at radius 3 is 1.66 bits per heavy atom. The third-order valence-corrected chi connectivity index (χ3v) is 7.35. The molecular weight excluding hydrogens is 708 g/mol. The van der Waals surface area contributed by atoms with Crippen LogP contribution in [0.3, 0.4) is 0 Å². The van der Waals surface area contributed by atoms with Crippen LogP contribution in [0.2, 0.25) is 0 Å². The minimum absolute atomic E-state index is 0. The Hall–Kier alpha value is -0.716. The van der Waals surface area contributed by atoms with Crippen LogP contribution in [0.25, 0.3) is 6.08 Å². The standard InChI is InChI=1S/C18H30NO5P.C11H22NO6P.CH4P.V/c1-5-17-8-10-18(11-9-17)16-22-13-6-7-14-23-25(20,21)24-15-12-19(2,3)4;1-10(2)11(13)16-8-9-18-19(14,15)17-7-6-12(3,4)5;1-2;/h5,8-11H,1,6-7,12-16H2,2-4H3;1,6-9H2,2-5H3;1-2H2;/q;;-1;. The molecule has 0 amide bonds. The second-order valence-electron chi connectivity index (χ2n) is 11.9. The molecule has 1 rings (SSSR count). The number of nitrogens with zero attached hydrogens (tertiary/aromatic N) is 2. The summed E-state index contributed by atoms with van der Waals surface area (Å²) in [6, 6.07) is 7.98. The summed E-state index contributed by atoms with van der Waals surface area (Å²) in [4.78, 5) is 33.9. The molecule has 1 aromatic rings. The topological polar surface area (TPSA) is 153 Å². The van der Waals surface area contributed by atoms with Gasteiger partial charge in [0.25, 0.3) is 15.6 Å². The number of ether oxygens (including phenoxy) is 2. The largest absolute Gasteiger partial charge is 0.756 e. The first kappa shape index (κ1) is 50.7. The van der Waals surface area contributed by atoms with Gasteiger partial charge in [0.1, 0.15) is 32.9 Å². The van der Waals surface area contributed by atoms with Gasteiger partial charge < -0.3 is 62.2 Å². The maximum absolute atomic E-state index is 11.6. The number of hydrogen-bond donors (Lipinski definition) is 0. The summed E-state index contributed by atoms with van der Waals surface area (Å²) in [6.45, 7) is 13.8. The molecule has 0 heterocycles. The van der Waals surface area contributed by atoms with E-state index in [1.807, 2.05) is 66.6 Å². The molecule has 0 spiro atoms. The zero-order valence-electron chi connectivity index (χ0n) is 29.1. The van der Waals surface area contributed by atoms with Gasteiger partial charge in [-0.05, 0) is 30.9 Å². The van der Waals surface area contributed by atoms with Gasteiger partial charge in [-0.25, -0.2) is 4.79 Å². The average Bonchev–Trinajstić information content (AvgIpc) is 2.94. The second-order valence-corrected chi connectivity index (χ2v) is 14.7. The van der Waals surface area contributed by atoms with E-state index < -0.39 is 21.6 Å². The molecule has 13 nitrogen and oxygen atoms in total. The average molecular weight is 765 g/mol. The van der Waals surface area contributed by atoms with E-state index in [4.69, 9.17) is 13.8 Å². The molecule has 0 N–H and O–H groups in total. The second kappa shape index (κ2) is 27.1. The molecular formula is C30H56N2O11P3V-. The number of quaternary nitrogens is 2. The van der Waals surface area contributed by atoms with Crippen molar-refractivity contribution in [2.75, 3.05) is 95.0 Å². The summed E-state index contributed by atoms with van der Waals surface area (Å²) >= 11 is 0. The van der Waals surface area contributed by atoms with E-state index >= 15 is 0 Å². The number of rotatable bonds is 22. The predicted octanol–water partition coefficient (Wildman–Crippen LogP) is 3.80. The van der Waals surface area contributed by atoms with Gasteiger partial charge in [-0.1, -0.05) is 43.5 Å². The van der Waals surface area contributed by atoms with Crippen molar-refractivity contribution in [3.8, 4) is 0 Å². The Morgan fingerprint density at radius 2 is 1.23 bits per heavy atom. The zero-order chi connectivity index (χ0) is 35.9. The smallest absolute Gasteiger partial charge is 0.333 e. The van der Waals surface area contributed by atoms with Crippen molar-refractivity contribution in [1.82, 2.24) is 0 Å². The van der Waals surface area contributed by atoms with E-state index in [0.29, 0.717) is 41.7 Å². The van der Waals surface area contributed by atoms with Crippen LogP contribution in [0, 0.1) is 6.66 Å². The van der Waals surface area contributed by atoms with E-state index in [1.54, 1.807) is 6.08 Å². The third-order valence-electron chi connectivity index (χ3n) is 5.35. The van der Waals surface area contributed by atoms with Crippen LogP contribution >= 0.6 is 24.9 Å². The Bertz CT molecular complexity index is 1100. The van der Waals surface area contributed by atoms with E-state index in [0.717, 1.165) is 17.5 Å². The number of phosphoric ester groups is 2. The number of esters is 1. The number of unbranched alkanes of at least 4 members (excludes halogenated alkanes) is 1. The number of carbonyl (C=O) groups excluding carboxylic acids is 1. The van der Waals surface area contributed by atoms with Crippen LogP contribution in [-0.2, 0) is 66.7 Å². The minimum atomic E-state index is -4.34. The normalized spacial score (nSPS) is 13.7. The fourth-order valence-corrected chi connectivity index (χ4v) is 4.17. The van der Waals surface area contributed by atoms with Gasteiger partial charge in [0.15, 0.2) is 0 Å². The Labute approximate surface area is 297 Å². The van der Waals surface area contributed by atoms with Gasteiger partial charge in [-0.3, -0.25) is 9.13 Å². The van der Waals surface area contributed by atoms with Crippen LogP contribution in [0.4, 0.5) is 0 Å². The van der Waals surface area contributed by atoms with E-state index in [9.17, 15) is 23.7 Å². The molecule has 1 aromatic carbocycles. The Balaban J connectivity index is -0.000000793. The van der Waals surface area contributed by atoms with Crippen LogP contribution in [-0.4, -0.2) is 110 Å². The van der Waals surface area contributed by atoms with E-state index in [-0.39, 0.29) is 57.2 Å². The molecule has 0 bridgehead atoms. The van der Waals surface area contributed by atoms with Crippen molar-refractivity contribution < 1.29 is 78.8 Å². The monoisotopic (exact) mass is 764 g/mol. The van der Waals surface area contributed by atoms with Crippen molar-refractivity contribution in [3.05, 3.63) is 60.8 Å². The molecule has 0 fully saturated rings. The van der Waals surface area contributed by atoms with Crippen LogP contribution < -0.4 is 9.79 Å². The fraction of sp³-hybridized carbons (Fsp3) is 0.600. The van der Waals surface area contributed by atoms with Crippen molar-refractivity contribution in [2.45, 2.75) is 26.4 Å². The molecule has 0 aliphatic heterocycles. The molecule has 3 unspecified atom stereocenters. The molecule has 273 valence electrons. The molecule has 1 radical (unpaired) electrons. The first-order chi connectivity index (χ1) is 21.3. The van der Waals surface area contributed by atoms with Crippen molar-refractivity contribution in [1.29, 1.82) is 0 Å². The van der Waals surface area contributed by atoms with Gasteiger partial charge in [0, 0.05) is 30.7 Å². The number of phosphoric acid groups is 2. The van der Waals surface area contributed by atoms with E-state index in [2.05, 4.69) is 42.8 Å². The number of benzene rings is 1.